The van der Waals surface area contributed by atoms with E-state index in [0.29, 0.717) is 5.56 Å². The van der Waals surface area contributed by atoms with Crippen molar-refractivity contribution in [2.75, 3.05) is 6.61 Å². The third-order valence-corrected chi connectivity index (χ3v) is 13.5. The molecule has 1 aliphatic heterocycles. The van der Waals surface area contributed by atoms with Gasteiger partial charge in [0.15, 0.2) is 23.6 Å². The number of hydrogen-bond donors (Lipinski definition) is 6. The molecule has 0 aromatic heterocycles. The van der Waals surface area contributed by atoms with Gasteiger partial charge in [0, 0.05) is 37.7 Å². The van der Waals surface area contributed by atoms with Gasteiger partial charge in [0.2, 0.25) is 0 Å². The Bertz CT molecular complexity index is 2390. The molecule has 2 amide bonds. The molecule has 1 heterocycles. The molecule has 3 fully saturated rings. The molecule has 0 spiro atoms. The molecule has 0 unspecified atom stereocenters. The average Bonchev–Trinajstić information content (AvgIpc) is 3.26. The molecule has 2 bridgehead atoms. The van der Waals surface area contributed by atoms with E-state index in [1.54, 1.807) is 92.7 Å². The maximum absolute atomic E-state index is 15.5. The number of amides is 2. The topological polar surface area (TPSA) is 285 Å². The van der Waals surface area contributed by atoms with Crippen LogP contribution in [0.1, 0.15) is 86.7 Å². The predicted octanol–water partition coefficient (Wildman–Crippen LogP) is 3.36. The molecule has 66 heavy (non-hydrogen) atoms. The van der Waals surface area contributed by atoms with Crippen LogP contribution in [0.15, 0.2) is 102 Å². The van der Waals surface area contributed by atoms with Crippen LogP contribution in [0.4, 0.5) is 4.79 Å². The number of aliphatic hydroxyl groups excluding tert-OH is 2. The molecule has 4 aliphatic rings. The summed E-state index contributed by atoms with van der Waals surface area (Å²) in [5.74, 6) is -6.84. The number of hydrogen-bond acceptors (Lipinski definition) is 15. The Morgan fingerprint density at radius 1 is 0.833 bits per heavy atom. The number of ether oxygens (including phenoxy) is 5. The first-order valence-electron chi connectivity index (χ1n) is 21.2. The molecule has 1 saturated heterocycles. The highest BCUT2D eigenvalue weighted by Crippen LogP contribution is 2.64. The predicted molar refractivity (Wildman–Crippen MR) is 230 cm³/mol. The Balaban J connectivity index is 0.00000173. The molecular formula is C48H54N2O16. The summed E-state index contributed by atoms with van der Waals surface area (Å²) < 4.78 is 30.3. The fourth-order valence-corrected chi connectivity index (χ4v) is 10.2. The number of rotatable bonds is 10. The quantitative estimate of drug-likeness (QED) is 0.0966. The van der Waals surface area contributed by atoms with Crippen LogP contribution >= 0.6 is 0 Å². The lowest BCUT2D eigenvalue weighted by molar-refractivity contribution is -0.346. The van der Waals surface area contributed by atoms with Crippen molar-refractivity contribution < 1.29 is 77.7 Å². The molecular weight excluding hydrogens is 861 g/mol. The monoisotopic (exact) mass is 914 g/mol. The van der Waals surface area contributed by atoms with E-state index in [1.165, 1.54) is 26.0 Å². The summed E-state index contributed by atoms with van der Waals surface area (Å²) in [6, 6.07) is 22.9. The van der Waals surface area contributed by atoms with E-state index < -0.39 is 119 Å². The minimum absolute atomic E-state index is 0.00289. The maximum atomic E-state index is 15.5. The minimum atomic E-state index is -2.39. The molecule has 11 atom stereocenters. The Hall–Kier alpha value is -6.47. The lowest BCUT2D eigenvalue weighted by Gasteiger charge is -2.67. The number of benzene rings is 3. The zero-order valence-corrected chi connectivity index (χ0v) is 37.2. The Labute approximate surface area is 380 Å². The van der Waals surface area contributed by atoms with Crippen molar-refractivity contribution in [1.82, 2.24) is 5.32 Å². The average molecular weight is 915 g/mol. The number of aliphatic hydroxyl groups is 3. The number of nitrogens with one attached hydrogen (secondary N) is 1. The number of Topliss-reactive ketones (excluding diaryl/α,β-unsaturated/α-hetero) is 1. The lowest BCUT2D eigenvalue weighted by Crippen LogP contribution is -2.82. The Morgan fingerprint density at radius 3 is 1.89 bits per heavy atom. The third-order valence-electron chi connectivity index (χ3n) is 13.5. The summed E-state index contributed by atoms with van der Waals surface area (Å²) in [5, 5.41) is 47.4. The van der Waals surface area contributed by atoms with Gasteiger partial charge in [0.05, 0.1) is 35.6 Å². The van der Waals surface area contributed by atoms with Crippen LogP contribution in [-0.2, 0) is 42.9 Å². The highest BCUT2D eigenvalue weighted by molar-refractivity contribution is 5.96. The van der Waals surface area contributed by atoms with E-state index in [4.69, 9.17) is 33.6 Å². The summed E-state index contributed by atoms with van der Waals surface area (Å²) in [7, 11) is 0. The number of fused-ring (bicyclic) bond motifs is 5. The number of nitrogens with two attached hydrogens (primary N) is 1. The summed E-state index contributed by atoms with van der Waals surface area (Å²) in [5.41, 5.74) is -2.99. The lowest BCUT2D eigenvalue weighted by atomic mass is 9.44. The van der Waals surface area contributed by atoms with Crippen LogP contribution in [-0.4, -0.2) is 117 Å². The molecule has 352 valence electrons. The molecule has 18 nitrogen and oxygen atoms in total. The fourth-order valence-electron chi connectivity index (χ4n) is 10.2. The van der Waals surface area contributed by atoms with Crippen molar-refractivity contribution in [2.45, 2.75) is 108 Å². The van der Waals surface area contributed by atoms with E-state index >= 15 is 4.79 Å². The van der Waals surface area contributed by atoms with Crippen molar-refractivity contribution in [3.05, 3.63) is 119 Å². The SMILES string of the molecule is CC(=O)O[C@H]1C(=O)[C@@]2(C)[C@H]([C@H](OC(=O)c3ccccc3)[C@]3(O)C[C@H](OC(=O)[C@H](O)[C@@H](NC(=O)c4ccccc4)c4ccccc4)C(C)=C1C3(C)C)[C@]1(OC(C)=O)CO[C@@H]1C[C@@H]2O.NC(=O)O. The van der Waals surface area contributed by atoms with Crippen LogP contribution in [0.3, 0.4) is 0 Å². The first kappa shape index (κ1) is 49.0. The Kier molecular flexibility index (Phi) is 13.9. The number of carbonyl (C=O) groups is 7. The number of esters is 4. The summed E-state index contributed by atoms with van der Waals surface area (Å²) in [6.45, 7) is 7.97. The number of primary amides is 1. The van der Waals surface area contributed by atoms with Crippen LogP contribution < -0.4 is 11.1 Å². The van der Waals surface area contributed by atoms with Crippen LogP contribution in [0.5, 0.6) is 0 Å². The molecule has 3 aliphatic carbocycles. The highest BCUT2D eigenvalue weighted by Gasteiger charge is 2.78. The van der Waals surface area contributed by atoms with Gasteiger partial charge in [-0.1, -0.05) is 80.6 Å². The molecule has 0 radical (unpaired) electrons. The van der Waals surface area contributed by atoms with Gasteiger partial charge in [0.1, 0.15) is 23.9 Å². The van der Waals surface area contributed by atoms with Gasteiger partial charge in [-0.25, -0.2) is 14.4 Å². The van der Waals surface area contributed by atoms with Gasteiger partial charge in [0.25, 0.3) is 5.91 Å². The van der Waals surface area contributed by atoms with Gasteiger partial charge in [-0.3, -0.25) is 19.2 Å². The van der Waals surface area contributed by atoms with Crippen molar-refractivity contribution in [3.8, 4) is 0 Å². The molecule has 18 heteroatoms. The fraction of sp³-hybridized carbons (Fsp3) is 0.438. The summed E-state index contributed by atoms with van der Waals surface area (Å²) in [4.78, 5) is 92.2. The molecule has 7 rings (SSSR count). The first-order valence-corrected chi connectivity index (χ1v) is 21.2. The van der Waals surface area contributed by atoms with Gasteiger partial charge in [-0.15, -0.1) is 0 Å². The van der Waals surface area contributed by atoms with Gasteiger partial charge < -0.3 is 55.2 Å². The van der Waals surface area contributed by atoms with E-state index in [2.05, 4.69) is 11.1 Å². The van der Waals surface area contributed by atoms with Crippen molar-refractivity contribution in [1.29, 1.82) is 0 Å². The normalized spacial score (nSPS) is 30.3. The van der Waals surface area contributed by atoms with Crippen molar-refractivity contribution in [2.24, 2.45) is 22.5 Å². The van der Waals surface area contributed by atoms with Crippen LogP contribution in [0.2, 0.25) is 0 Å². The van der Waals surface area contributed by atoms with Crippen molar-refractivity contribution >= 4 is 41.7 Å². The second-order valence-corrected chi connectivity index (χ2v) is 17.7. The van der Waals surface area contributed by atoms with Crippen LogP contribution in [0.25, 0.3) is 0 Å². The van der Waals surface area contributed by atoms with E-state index in [1.807, 2.05) is 0 Å². The summed E-state index contributed by atoms with van der Waals surface area (Å²) >= 11 is 0. The first-order chi connectivity index (χ1) is 31.0. The number of ketones is 1. The van der Waals surface area contributed by atoms with Gasteiger partial charge in [-0.05, 0) is 54.8 Å². The molecule has 7 N–H and O–H groups in total. The Morgan fingerprint density at radius 2 is 1.38 bits per heavy atom. The summed E-state index contributed by atoms with van der Waals surface area (Å²) in [6.07, 6.45) is -11.8. The smallest absolute Gasteiger partial charge is 0.402 e. The van der Waals surface area contributed by atoms with Crippen LogP contribution in [0, 0.1) is 16.7 Å². The number of carbonyl (C=O) groups excluding carboxylic acids is 6. The maximum Gasteiger partial charge on any atom is 0.402 e. The van der Waals surface area contributed by atoms with E-state index in [9.17, 15) is 39.3 Å². The largest absolute Gasteiger partial charge is 0.465 e. The zero-order valence-electron chi connectivity index (χ0n) is 37.2. The van der Waals surface area contributed by atoms with Gasteiger partial charge in [-0.2, -0.15) is 0 Å². The minimum Gasteiger partial charge on any atom is -0.465 e. The number of carboxylic acid groups (broad SMARTS) is 1. The second kappa shape index (κ2) is 18.8. The van der Waals surface area contributed by atoms with Crippen molar-refractivity contribution in [3.63, 3.8) is 0 Å². The standard InChI is InChI=1S/C47H51NO14.CH3NO2/c1-25-31(60-43(56)36(52)35(28-16-10-7-11-17-28)48-41(54)29-18-12-8-13-19-29)23-47(57)40(61-42(55)30-20-14-9-15-21-30)38-45(6,32(51)22-33-46(38,24-58-33)62-27(3)50)39(53)37(59-26(2)49)34(25)44(47,4)5;2-1(3)4/h7-21,31-33,35-38,40,51-52,57H,22-24H2,1-6H3,(H,48,54);2H2,(H,3,4)/t31-,32-,33+,35-,36+,37+,38-,40-,45+,46-,47+;/m0./s1. The zero-order chi connectivity index (χ0) is 48.5. The third kappa shape index (κ3) is 8.80. The molecule has 2 saturated carbocycles. The van der Waals surface area contributed by atoms with E-state index in [0.717, 1.165) is 13.8 Å². The van der Waals surface area contributed by atoms with Gasteiger partial charge >= 0.3 is 30.0 Å². The second-order valence-electron chi connectivity index (χ2n) is 17.7. The molecule has 3 aromatic carbocycles. The van der Waals surface area contributed by atoms with E-state index in [-0.39, 0.29) is 35.3 Å². The highest BCUT2D eigenvalue weighted by atomic mass is 16.6. The molecule has 3 aromatic rings.